The summed E-state index contributed by atoms with van der Waals surface area (Å²) in [5.41, 5.74) is 8.37. The van der Waals surface area contributed by atoms with Crippen LogP contribution in [0.1, 0.15) is 38.9 Å². The molecule has 108 valence electrons. The van der Waals surface area contributed by atoms with Crippen LogP contribution in [0.2, 0.25) is 0 Å². The van der Waals surface area contributed by atoms with Crippen LogP contribution in [0.5, 0.6) is 0 Å². The van der Waals surface area contributed by atoms with Crippen molar-refractivity contribution in [3.05, 3.63) is 24.0 Å². The molecule has 1 aromatic carbocycles. The van der Waals surface area contributed by atoms with E-state index in [9.17, 15) is 4.79 Å². The highest BCUT2D eigenvalue weighted by molar-refractivity contribution is 5.80. The summed E-state index contributed by atoms with van der Waals surface area (Å²) in [7, 11) is 0. The third-order valence-electron chi connectivity index (χ3n) is 3.16. The minimum Gasteiger partial charge on any atom is -0.466 e. The van der Waals surface area contributed by atoms with Crippen molar-refractivity contribution in [1.29, 1.82) is 0 Å². The summed E-state index contributed by atoms with van der Waals surface area (Å²) >= 11 is 0. The molecule has 0 aliphatic carbocycles. The summed E-state index contributed by atoms with van der Waals surface area (Å²) in [6.07, 6.45) is 0.351. The molecule has 0 bridgehead atoms. The van der Waals surface area contributed by atoms with Crippen LogP contribution in [0.15, 0.2) is 18.2 Å². The maximum absolute atomic E-state index is 11.5. The van der Waals surface area contributed by atoms with E-state index in [1.165, 1.54) is 0 Å². The molecule has 0 aliphatic rings. The van der Waals surface area contributed by atoms with Crippen LogP contribution >= 0.6 is 0 Å². The number of carbonyl (C=O) groups excluding carboxylic acids is 1. The Kier molecular flexibility index (Phi) is 4.27. The summed E-state index contributed by atoms with van der Waals surface area (Å²) in [6.45, 7) is 6.98. The monoisotopic (exact) mass is 275 g/mol. The average molecular weight is 275 g/mol. The number of hydrogen-bond acceptors (Lipinski definition) is 4. The largest absolute Gasteiger partial charge is 0.466 e. The zero-order valence-corrected chi connectivity index (χ0v) is 12.2. The van der Waals surface area contributed by atoms with Crippen molar-refractivity contribution in [1.82, 2.24) is 9.55 Å². The predicted octanol–water partition coefficient (Wildman–Crippen LogP) is 2.70. The van der Waals surface area contributed by atoms with Gasteiger partial charge in [-0.3, -0.25) is 4.79 Å². The number of hydrogen-bond donors (Lipinski definition) is 1. The molecule has 0 saturated carbocycles. The van der Waals surface area contributed by atoms with E-state index in [2.05, 4.69) is 23.4 Å². The van der Waals surface area contributed by atoms with Crippen LogP contribution in [0, 0.1) is 0 Å². The highest BCUT2D eigenvalue weighted by Gasteiger charge is 2.15. The second kappa shape index (κ2) is 5.94. The Morgan fingerprint density at radius 3 is 2.85 bits per heavy atom. The average Bonchev–Trinajstić information content (AvgIpc) is 2.74. The Hall–Kier alpha value is -2.04. The van der Waals surface area contributed by atoms with Crippen LogP contribution in [-0.2, 0) is 16.1 Å². The molecular formula is C15H21N3O2. The van der Waals surface area contributed by atoms with Crippen LogP contribution in [-0.4, -0.2) is 22.1 Å². The molecule has 1 heterocycles. The van der Waals surface area contributed by atoms with E-state index in [4.69, 9.17) is 10.5 Å². The highest BCUT2D eigenvalue weighted by Crippen LogP contribution is 2.24. The first-order chi connectivity index (χ1) is 9.52. The lowest BCUT2D eigenvalue weighted by Gasteiger charge is -2.11. The van der Waals surface area contributed by atoms with E-state index < -0.39 is 0 Å². The van der Waals surface area contributed by atoms with Gasteiger partial charge >= 0.3 is 5.97 Å². The number of anilines is 1. The Balaban J connectivity index is 2.34. The molecular weight excluding hydrogens is 254 g/mol. The predicted molar refractivity (Wildman–Crippen MR) is 79.5 cm³/mol. The lowest BCUT2D eigenvalue weighted by molar-refractivity contribution is -0.143. The Labute approximate surface area is 118 Å². The molecule has 0 atom stereocenters. The van der Waals surface area contributed by atoms with Gasteiger partial charge in [0.2, 0.25) is 0 Å². The van der Waals surface area contributed by atoms with Crippen LogP contribution in [0.4, 0.5) is 5.69 Å². The summed E-state index contributed by atoms with van der Waals surface area (Å²) < 4.78 is 7.06. The van der Waals surface area contributed by atoms with E-state index in [1.807, 2.05) is 25.1 Å². The molecule has 0 aliphatic heterocycles. The topological polar surface area (TPSA) is 70.1 Å². The molecule has 5 heteroatoms. The molecule has 2 aromatic rings. The quantitative estimate of drug-likeness (QED) is 0.672. The number of carbonyl (C=O) groups is 1. The van der Waals surface area contributed by atoms with Crippen molar-refractivity contribution >= 4 is 22.7 Å². The first-order valence-electron chi connectivity index (χ1n) is 6.94. The smallest absolute Gasteiger partial charge is 0.307 e. The van der Waals surface area contributed by atoms with Crippen LogP contribution in [0.3, 0.4) is 0 Å². The standard InChI is InChI=1S/C15H21N3O2/c1-4-20-14(19)7-8-18-13-6-5-11(16)9-12(13)17-15(18)10(2)3/h5-6,9-10H,4,7-8,16H2,1-3H3. The summed E-state index contributed by atoms with van der Waals surface area (Å²) in [4.78, 5) is 16.2. The van der Waals surface area contributed by atoms with Crippen molar-refractivity contribution in [3.8, 4) is 0 Å². The molecule has 0 fully saturated rings. The summed E-state index contributed by atoms with van der Waals surface area (Å²) in [6, 6.07) is 5.67. The number of fused-ring (bicyclic) bond motifs is 1. The molecule has 1 aromatic heterocycles. The molecule has 5 nitrogen and oxygen atoms in total. The van der Waals surface area contributed by atoms with Gasteiger partial charge in [-0.15, -0.1) is 0 Å². The van der Waals surface area contributed by atoms with Gasteiger partial charge in [0.05, 0.1) is 24.1 Å². The van der Waals surface area contributed by atoms with Crippen LogP contribution < -0.4 is 5.73 Å². The van der Waals surface area contributed by atoms with Gasteiger partial charge in [-0.25, -0.2) is 4.98 Å². The number of ether oxygens (including phenoxy) is 1. The number of imidazole rings is 1. The van der Waals surface area contributed by atoms with Crippen molar-refractivity contribution in [2.75, 3.05) is 12.3 Å². The second-order valence-electron chi connectivity index (χ2n) is 5.08. The van der Waals surface area contributed by atoms with E-state index >= 15 is 0 Å². The maximum Gasteiger partial charge on any atom is 0.307 e. The molecule has 0 amide bonds. The Morgan fingerprint density at radius 2 is 2.20 bits per heavy atom. The number of nitrogens with zero attached hydrogens (tertiary/aromatic N) is 2. The fourth-order valence-corrected chi connectivity index (χ4v) is 2.28. The molecule has 0 radical (unpaired) electrons. The van der Waals surface area contributed by atoms with Gasteiger partial charge in [-0.1, -0.05) is 13.8 Å². The lowest BCUT2D eigenvalue weighted by atomic mass is 10.2. The third-order valence-corrected chi connectivity index (χ3v) is 3.16. The molecule has 2 rings (SSSR count). The normalized spacial score (nSPS) is 11.2. The number of aryl methyl sites for hydroxylation is 1. The molecule has 0 saturated heterocycles. The van der Waals surface area contributed by atoms with Gasteiger partial charge in [-0.05, 0) is 25.1 Å². The highest BCUT2D eigenvalue weighted by atomic mass is 16.5. The first-order valence-corrected chi connectivity index (χ1v) is 6.94. The van der Waals surface area contributed by atoms with Gasteiger partial charge in [0, 0.05) is 18.2 Å². The van der Waals surface area contributed by atoms with E-state index in [1.54, 1.807) is 0 Å². The van der Waals surface area contributed by atoms with Gasteiger partial charge in [0.1, 0.15) is 5.82 Å². The van der Waals surface area contributed by atoms with Crippen molar-refractivity contribution in [2.45, 2.75) is 39.7 Å². The third kappa shape index (κ3) is 2.92. The Morgan fingerprint density at radius 1 is 1.45 bits per heavy atom. The zero-order chi connectivity index (χ0) is 14.7. The summed E-state index contributed by atoms with van der Waals surface area (Å²) in [5, 5.41) is 0. The van der Waals surface area contributed by atoms with E-state index in [-0.39, 0.29) is 11.9 Å². The maximum atomic E-state index is 11.5. The van der Waals surface area contributed by atoms with E-state index in [0.717, 1.165) is 16.9 Å². The van der Waals surface area contributed by atoms with Gasteiger partial charge in [-0.2, -0.15) is 0 Å². The molecule has 0 unspecified atom stereocenters. The van der Waals surface area contributed by atoms with Gasteiger partial charge in [0.15, 0.2) is 0 Å². The zero-order valence-electron chi connectivity index (χ0n) is 12.2. The summed E-state index contributed by atoms with van der Waals surface area (Å²) in [5.74, 6) is 1.07. The minimum atomic E-state index is -0.181. The second-order valence-corrected chi connectivity index (χ2v) is 5.08. The molecule has 0 spiro atoms. The Bertz CT molecular complexity index is 617. The van der Waals surface area contributed by atoms with Gasteiger partial charge in [0.25, 0.3) is 0 Å². The fraction of sp³-hybridized carbons (Fsp3) is 0.467. The number of rotatable bonds is 5. The molecule has 2 N–H and O–H groups in total. The van der Waals surface area contributed by atoms with Crippen molar-refractivity contribution < 1.29 is 9.53 Å². The number of nitrogens with two attached hydrogens (primary N) is 1. The SMILES string of the molecule is CCOC(=O)CCn1c(C(C)C)nc2cc(N)ccc21. The lowest BCUT2D eigenvalue weighted by Crippen LogP contribution is -2.11. The van der Waals surface area contributed by atoms with E-state index in [0.29, 0.717) is 25.3 Å². The van der Waals surface area contributed by atoms with Gasteiger partial charge < -0.3 is 15.0 Å². The minimum absolute atomic E-state index is 0.181. The number of esters is 1. The number of nitrogen functional groups attached to an aromatic ring is 1. The number of aromatic nitrogens is 2. The molecule has 20 heavy (non-hydrogen) atoms. The van der Waals surface area contributed by atoms with Crippen molar-refractivity contribution in [3.63, 3.8) is 0 Å². The first kappa shape index (κ1) is 14.4. The van der Waals surface area contributed by atoms with Crippen LogP contribution in [0.25, 0.3) is 11.0 Å². The fourth-order valence-electron chi connectivity index (χ4n) is 2.28. The number of benzene rings is 1. The van der Waals surface area contributed by atoms with Crippen molar-refractivity contribution in [2.24, 2.45) is 0 Å².